The molecule has 0 heterocycles. The van der Waals surface area contributed by atoms with Crippen LogP contribution in [0.4, 0.5) is 0 Å². The van der Waals surface area contributed by atoms with Crippen LogP contribution in [0.2, 0.25) is 0 Å². The summed E-state index contributed by atoms with van der Waals surface area (Å²) in [6.45, 7) is 4.72. The van der Waals surface area contributed by atoms with Gasteiger partial charge in [-0.05, 0) is 78.9 Å². The van der Waals surface area contributed by atoms with Gasteiger partial charge in [0.2, 0.25) is 0 Å². The molecule has 0 unspecified atom stereocenters. The molecule has 0 bridgehead atoms. The molecule has 7 rings (SSSR count). The van der Waals surface area contributed by atoms with Crippen LogP contribution < -0.4 is 0 Å². The van der Waals surface area contributed by atoms with Gasteiger partial charge in [0.15, 0.2) is 0 Å². The number of rotatable bonds is 4. The quantitative estimate of drug-likeness (QED) is 0.223. The highest BCUT2D eigenvalue weighted by molar-refractivity contribution is 6.22. The average molecular weight is 475 g/mol. The van der Waals surface area contributed by atoms with Crippen LogP contribution in [0.5, 0.6) is 0 Å². The molecule has 6 aromatic carbocycles. The zero-order valence-corrected chi connectivity index (χ0v) is 21.5. The van der Waals surface area contributed by atoms with Crippen LogP contribution in [0, 0.1) is 0 Å². The van der Waals surface area contributed by atoms with Gasteiger partial charge in [0, 0.05) is 5.41 Å². The maximum absolute atomic E-state index is 2.38. The first-order chi connectivity index (χ1) is 18.3. The van der Waals surface area contributed by atoms with E-state index in [0.717, 1.165) is 12.8 Å². The summed E-state index contributed by atoms with van der Waals surface area (Å²) in [5.74, 6) is 0. The number of fused-ring (bicyclic) bond motifs is 5. The third kappa shape index (κ3) is 3.02. The maximum atomic E-state index is 2.38. The molecule has 0 heteroatoms. The smallest absolute Gasteiger partial charge is 0.0216 e. The van der Waals surface area contributed by atoms with Crippen molar-refractivity contribution in [3.05, 3.63) is 132 Å². The Labute approximate surface area is 219 Å². The molecule has 0 atom stereocenters. The second-order valence-electron chi connectivity index (χ2n) is 10.3. The van der Waals surface area contributed by atoms with Crippen molar-refractivity contribution in [2.75, 3.05) is 0 Å². The molecular weight excluding hydrogens is 444 g/mol. The van der Waals surface area contributed by atoms with E-state index in [2.05, 4.69) is 135 Å². The molecule has 6 aromatic rings. The fraction of sp³-hybridized carbons (Fsp3) is 0.135. The van der Waals surface area contributed by atoms with E-state index in [9.17, 15) is 0 Å². The van der Waals surface area contributed by atoms with Crippen LogP contribution in [-0.2, 0) is 5.41 Å². The van der Waals surface area contributed by atoms with Crippen molar-refractivity contribution in [2.24, 2.45) is 0 Å². The predicted molar refractivity (Wildman–Crippen MR) is 159 cm³/mol. The molecule has 0 aromatic heterocycles. The zero-order chi connectivity index (χ0) is 25.0. The first-order valence-electron chi connectivity index (χ1n) is 13.5. The highest BCUT2D eigenvalue weighted by Gasteiger charge is 2.42. The van der Waals surface area contributed by atoms with Crippen molar-refractivity contribution in [1.82, 2.24) is 0 Å². The lowest BCUT2D eigenvalue weighted by Gasteiger charge is -2.32. The minimum atomic E-state index is 0.0167. The van der Waals surface area contributed by atoms with Crippen LogP contribution in [0.15, 0.2) is 121 Å². The van der Waals surface area contributed by atoms with Gasteiger partial charge < -0.3 is 0 Å². The van der Waals surface area contributed by atoms with Crippen molar-refractivity contribution in [3.63, 3.8) is 0 Å². The Morgan fingerprint density at radius 2 is 0.919 bits per heavy atom. The molecule has 0 saturated carbocycles. The lowest BCUT2D eigenvalue weighted by Crippen LogP contribution is -2.24. The first-order valence-corrected chi connectivity index (χ1v) is 13.5. The summed E-state index contributed by atoms with van der Waals surface area (Å²) in [7, 11) is 0. The molecule has 178 valence electrons. The van der Waals surface area contributed by atoms with Gasteiger partial charge in [0.05, 0.1) is 0 Å². The highest BCUT2D eigenvalue weighted by atomic mass is 14.4. The summed E-state index contributed by atoms with van der Waals surface area (Å²) >= 11 is 0. The van der Waals surface area contributed by atoms with Gasteiger partial charge in [-0.15, -0.1) is 0 Å². The largest absolute Gasteiger partial charge is 0.0642 e. The van der Waals surface area contributed by atoms with Crippen molar-refractivity contribution < 1.29 is 0 Å². The molecule has 0 N–H and O–H groups in total. The summed E-state index contributed by atoms with van der Waals surface area (Å²) in [6, 6.07) is 44.9. The average Bonchev–Trinajstić information content (AvgIpc) is 3.27. The van der Waals surface area contributed by atoms with Gasteiger partial charge in [0.25, 0.3) is 0 Å². The van der Waals surface area contributed by atoms with Crippen LogP contribution in [0.25, 0.3) is 54.9 Å². The van der Waals surface area contributed by atoms with E-state index in [1.54, 1.807) is 0 Å². The topological polar surface area (TPSA) is 0 Å². The molecule has 0 nitrogen and oxygen atoms in total. The van der Waals surface area contributed by atoms with Gasteiger partial charge in [-0.2, -0.15) is 0 Å². The molecule has 0 radical (unpaired) electrons. The third-order valence-corrected chi connectivity index (χ3v) is 8.75. The Balaban J connectivity index is 1.66. The second kappa shape index (κ2) is 8.46. The third-order valence-electron chi connectivity index (χ3n) is 8.75. The van der Waals surface area contributed by atoms with E-state index < -0.39 is 0 Å². The standard InChI is InChI=1S/C37H30/c1-3-37(4-2)33-24-13-12-17-26(33)31-22-14-23-32(36(31)37)35-29-20-10-8-18-27(29)34(25-15-6-5-7-16-25)28-19-9-11-21-30(28)35/h5-24H,3-4H2,1-2H3. The lowest BCUT2D eigenvalue weighted by atomic mass is 9.71. The van der Waals surface area contributed by atoms with Crippen LogP contribution in [0.1, 0.15) is 37.8 Å². The normalized spacial score (nSPS) is 13.6. The van der Waals surface area contributed by atoms with E-state index in [0.29, 0.717) is 0 Å². The summed E-state index contributed by atoms with van der Waals surface area (Å²) in [5.41, 5.74) is 11.1. The van der Waals surface area contributed by atoms with Crippen LogP contribution in [-0.4, -0.2) is 0 Å². The summed E-state index contributed by atoms with van der Waals surface area (Å²) < 4.78 is 0. The summed E-state index contributed by atoms with van der Waals surface area (Å²) in [5, 5.41) is 5.28. The van der Waals surface area contributed by atoms with Crippen molar-refractivity contribution >= 4 is 21.5 Å². The molecule has 0 saturated heterocycles. The SMILES string of the molecule is CCC1(CC)c2ccccc2-c2cccc(-c3c4ccccc4c(-c4ccccc4)c4ccccc34)c21. The minimum absolute atomic E-state index is 0.0167. The minimum Gasteiger partial charge on any atom is -0.0642 e. The fourth-order valence-electron chi connectivity index (χ4n) is 7.09. The van der Waals surface area contributed by atoms with E-state index in [-0.39, 0.29) is 5.41 Å². The molecule has 0 amide bonds. The van der Waals surface area contributed by atoms with E-state index >= 15 is 0 Å². The van der Waals surface area contributed by atoms with E-state index in [1.165, 1.54) is 66.1 Å². The van der Waals surface area contributed by atoms with Gasteiger partial charge >= 0.3 is 0 Å². The first kappa shape index (κ1) is 22.1. The Morgan fingerprint density at radius 1 is 0.432 bits per heavy atom. The van der Waals surface area contributed by atoms with Crippen molar-refractivity contribution in [3.8, 4) is 33.4 Å². The lowest BCUT2D eigenvalue weighted by molar-refractivity contribution is 0.491. The van der Waals surface area contributed by atoms with E-state index in [1.807, 2.05) is 0 Å². The monoisotopic (exact) mass is 474 g/mol. The van der Waals surface area contributed by atoms with Gasteiger partial charge in [-0.3, -0.25) is 0 Å². The van der Waals surface area contributed by atoms with Crippen molar-refractivity contribution in [2.45, 2.75) is 32.1 Å². The van der Waals surface area contributed by atoms with Gasteiger partial charge in [-0.1, -0.05) is 135 Å². The fourth-order valence-corrected chi connectivity index (χ4v) is 7.09. The maximum Gasteiger partial charge on any atom is 0.0216 e. The Morgan fingerprint density at radius 3 is 1.54 bits per heavy atom. The predicted octanol–water partition coefficient (Wildman–Crippen LogP) is 10.4. The molecule has 0 fully saturated rings. The number of hydrogen-bond donors (Lipinski definition) is 0. The summed E-state index contributed by atoms with van der Waals surface area (Å²) in [6.07, 6.45) is 2.17. The molecule has 1 aliphatic carbocycles. The summed E-state index contributed by atoms with van der Waals surface area (Å²) in [4.78, 5) is 0. The van der Waals surface area contributed by atoms with Crippen LogP contribution in [0.3, 0.4) is 0 Å². The Hall–Kier alpha value is -4.16. The number of benzene rings is 6. The zero-order valence-electron chi connectivity index (χ0n) is 21.5. The van der Waals surface area contributed by atoms with Crippen molar-refractivity contribution in [1.29, 1.82) is 0 Å². The molecule has 37 heavy (non-hydrogen) atoms. The second-order valence-corrected chi connectivity index (χ2v) is 10.3. The highest BCUT2D eigenvalue weighted by Crippen LogP contribution is 2.57. The molecule has 0 aliphatic heterocycles. The van der Waals surface area contributed by atoms with Gasteiger partial charge in [0.1, 0.15) is 0 Å². The molecular formula is C37H30. The molecule has 1 aliphatic rings. The van der Waals surface area contributed by atoms with Crippen LogP contribution >= 0.6 is 0 Å². The molecule has 0 spiro atoms. The van der Waals surface area contributed by atoms with E-state index in [4.69, 9.17) is 0 Å². The number of hydrogen-bond acceptors (Lipinski definition) is 0. The Kier molecular flexibility index (Phi) is 5.04. The Bertz CT molecular complexity index is 1730. The van der Waals surface area contributed by atoms with Gasteiger partial charge in [-0.25, -0.2) is 0 Å².